The van der Waals surface area contributed by atoms with E-state index in [9.17, 15) is 13.2 Å². The number of hydrogen-bond acceptors (Lipinski definition) is 6. The molecule has 7 nitrogen and oxygen atoms in total. The molecule has 2 aromatic rings. The zero-order valence-corrected chi connectivity index (χ0v) is 14.0. The molecular weight excluding hydrogens is 320 g/mol. The van der Waals surface area contributed by atoms with Crippen molar-refractivity contribution in [1.82, 2.24) is 9.29 Å². The van der Waals surface area contributed by atoms with E-state index in [2.05, 4.69) is 9.72 Å². The van der Waals surface area contributed by atoms with Crippen molar-refractivity contribution in [2.24, 2.45) is 0 Å². The number of ether oxygens (including phenoxy) is 1. The van der Waals surface area contributed by atoms with Gasteiger partial charge in [0.1, 0.15) is 5.52 Å². The number of hydrogen-bond donors (Lipinski definition) is 0. The van der Waals surface area contributed by atoms with Crippen molar-refractivity contribution in [1.29, 1.82) is 0 Å². The first kappa shape index (κ1) is 17.2. The minimum atomic E-state index is -4.04. The minimum Gasteiger partial charge on any atom is -0.469 e. The van der Waals surface area contributed by atoms with Crippen LogP contribution in [0, 0.1) is 6.92 Å². The van der Waals surface area contributed by atoms with Gasteiger partial charge in [0.2, 0.25) is 0 Å². The van der Waals surface area contributed by atoms with Crippen LogP contribution in [0.2, 0.25) is 0 Å². The molecule has 0 atom stereocenters. The molecule has 0 fully saturated rings. The minimum absolute atomic E-state index is 0.0355. The Bertz CT molecular complexity index is 820. The van der Waals surface area contributed by atoms with Crippen LogP contribution in [-0.2, 0) is 19.8 Å². The lowest BCUT2D eigenvalue weighted by molar-refractivity contribution is -0.140. The van der Waals surface area contributed by atoms with Gasteiger partial charge in [-0.05, 0) is 24.6 Å². The fourth-order valence-corrected chi connectivity index (χ4v) is 2.80. The van der Waals surface area contributed by atoms with Crippen LogP contribution in [-0.4, -0.2) is 44.4 Å². The summed E-state index contributed by atoms with van der Waals surface area (Å²) in [7, 11) is -1.45. The molecule has 0 radical (unpaired) electrons. The Balaban J connectivity index is 2.24. The van der Waals surface area contributed by atoms with E-state index in [0.717, 1.165) is 15.3 Å². The monoisotopic (exact) mass is 338 g/mol. The first-order valence-corrected chi connectivity index (χ1v) is 8.28. The van der Waals surface area contributed by atoms with Crippen LogP contribution in [0.25, 0.3) is 10.9 Å². The number of nitrogens with zero attached hydrogens (tertiary/aromatic N) is 2. The van der Waals surface area contributed by atoms with E-state index in [1.807, 2.05) is 19.1 Å². The maximum atomic E-state index is 12.3. The molecule has 1 aromatic heterocycles. The molecule has 23 heavy (non-hydrogen) atoms. The van der Waals surface area contributed by atoms with Crippen LogP contribution in [0.1, 0.15) is 12.0 Å². The number of aryl methyl sites for hydroxylation is 1. The maximum absolute atomic E-state index is 12.3. The Hall–Kier alpha value is -2.19. The molecule has 0 saturated carbocycles. The third kappa shape index (κ3) is 3.96. The van der Waals surface area contributed by atoms with Gasteiger partial charge < -0.3 is 8.92 Å². The third-order valence-corrected chi connectivity index (χ3v) is 4.72. The average Bonchev–Trinajstić information content (AvgIpc) is 2.53. The van der Waals surface area contributed by atoms with Crippen LogP contribution in [0.3, 0.4) is 0 Å². The topological polar surface area (TPSA) is 85.8 Å². The Kier molecular flexibility index (Phi) is 5.17. The number of esters is 1. The average molecular weight is 338 g/mol. The number of methoxy groups -OCH3 is 1. The Morgan fingerprint density at radius 3 is 2.74 bits per heavy atom. The van der Waals surface area contributed by atoms with Crippen molar-refractivity contribution in [3.8, 4) is 5.75 Å². The van der Waals surface area contributed by atoms with Crippen molar-refractivity contribution < 1.29 is 22.1 Å². The van der Waals surface area contributed by atoms with Crippen LogP contribution in [0.5, 0.6) is 5.75 Å². The second-order valence-corrected chi connectivity index (χ2v) is 6.61. The van der Waals surface area contributed by atoms with Crippen molar-refractivity contribution in [2.45, 2.75) is 13.3 Å². The van der Waals surface area contributed by atoms with Gasteiger partial charge in [0.05, 0.1) is 13.5 Å². The molecule has 8 heteroatoms. The predicted octanol–water partition coefficient (Wildman–Crippen LogP) is 1.66. The number of para-hydroxylation sites is 1. The lowest BCUT2D eigenvalue weighted by atomic mass is 10.1. The smallest absolute Gasteiger partial charge is 0.384 e. The largest absolute Gasteiger partial charge is 0.469 e. The van der Waals surface area contributed by atoms with Gasteiger partial charge in [-0.15, -0.1) is 0 Å². The van der Waals surface area contributed by atoms with Crippen LogP contribution in [0.4, 0.5) is 0 Å². The third-order valence-electron chi connectivity index (χ3n) is 3.39. The molecule has 0 spiro atoms. The highest BCUT2D eigenvalue weighted by Crippen LogP contribution is 2.27. The highest BCUT2D eigenvalue weighted by Gasteiger charge is 2.22. The molecular formula is C15H18N2O5S. The zero-order valence-electron chi connectivity index (χ0n) is 13.1. The standard InChI is InChI=1S/C15H18N2O5S/c1-11-7-9-16-15-12(11)5-4-6-13(15)22-23(19,20)17(2)10-8-14(18)21-3/h4-7,9H,8,10H2,1-3H3. The molecule has 0 N–H and O–H groups in total. The number of benzene rings is 1. The van der Waals surface area contributed by atoms with Crippen molar-refractivity contribution in [2.75, 3.05) is 20.7 Å². The molecule has 2 rings (SSSR count). The summed E-state index contributed by atoms with van der Waals surface area (Å²) in [5.41, 5.74) is 1.44. The summed E-state index contributed by atoms with van der Waals surface area (Å²) in [4.78, 5) is 15.3. The predicted molar refractivity (Wildman–Crippen MR) is 85.3 cm³/mol. The fourth-order valence-electron chi connectivity index (χ4n) is 1.99. The quantitative estimate of drug-likeness (QED) is 0.745. The van der Waals surface area contributed by atoms with Crippen molar-refractivity contribution in [3.05, 3.63) is 36.0 Å². The highest BCUT2D eigenvalue weighted by molar-refractivity contribution is 7.84. The molecule has 0 unspecified atom stereocenters. The lowest BCUT2D eigenvalue weighted by Gasteiger charge is -2.17. The summed E-state index contributed by atoms with van der Waals surface area (Å²) in [6.07, 6.45) is 1.54. The number of pyridine rings is 1. The summed E-state index contributed by atoms with van der Waals surface area (Å²) < 4.78 is 35.1. The molecule has 124 valence electrons. The van der Waals surface area contributed by atoms with Gasteiger partial charge in [-0.2, -0.15) is 12.7 Å². The summed E-state index contributed by atoms with van der Waals surface area (Å²) in [5.74, 6) is -0.342. The van der Waals surface area contributed by atoms with Crippen LogP contribution >= 0.6 is 0 Å². The zero-order chi connectivity index (χ0) is 17.0. The van der Waals surface area contributed by atoms with Crippen molar-refractivity contribution >= 4 is 27.2 Å². The maximum Gasteiger partial charge on any atom is 0.384 e. The van der Waals surface area contributed by atoms with Crippen LogP contribution < -0.4 is 4.18 Å². The second kappa shape index (κ2) is 6.93. The number of rotatable bonds is 6. The lowest BCUT2D eigenvalue weighted by Crippen LogP contribution is -2.33. The Morgan fingerprint density at radius 2 is 2.04 bits per heavy atom. The molecule has 0 saturated heterocycles. The van der Waals surface area contributed by atoms with Gasteiger partial charge >= 0.3 is 16.3 Å². The Labute approximate surface area is 135 Å². The van der Waals surface area contributed by atoms with Gasteiger partial charge in [0.25, 0.3) is 0 Å². The second-order valence-electron chi connectivity index (χ2n) is 4.97. The molecule has 1 heterocycles. The number of aromatic nitrogens is 1. The van der Waals surface area contributed by atoms with Gasteiger partial charge in [0.15, 0.2) is 5.75 Å². The molecule has 0 aliphatic carbocycles. The van der Waals surface area contributed by atoms with Crippen molar-refractivity contribution in [3.63, 3.8) is 0 Å². The SMILES string of the molecule is COC(=O)CCN(C)S(=O)(=O)Oc1cccc2c(C)ccnc12. The van der Waals surface area contributed by atoms with Gasteiger partial charge in [-0.3, -0.25) is 9.78 Å². The molecule has 0 bridgehead atoms. The summed E-state index contributed by atoms with van der Waals surface area (Å²) in [6.45, 7) is 1.87. The number of carbonyl (C=O) groups excluding carboxylic acids is 1. The van der Waals surface area contributed by atoms with E-state index in [1.165, 1.54) is 14.2 Å². The van der Waals surface area contributed by atoms with E-state index in [4.69, 9.17) is 4.18 Å². The number of fused-ring (bicyclic) bond motifs is 1. The molecule has 0 aliphatic rings. The summed E-state index contributed by atoms with van der Waals surface area (Å²) in [5, 5.41) is 0.817. The fraction of sp³-hybridized carbons (Fsp3) is 0.333. The van der Waals surface area contributed by atoms with Gasteiger partial charge in [0, 0.05) is 25.2 Å². The molecule has 1 aromatic carbocycles. The first-order valence-electron chi connectivity index (χ1n) is 6.92. The first-order chi connectivity index (χ1) is 10.8. The van der Waals surface area contributed by atoms with E-state index < -0.39 is 16.3 Å². The molecule has 0 aliphatic heterocycles. The van der Waals surface area contributed by atoms with E-state index in [0.29, 0.717) is 5.52 Å². The van der Waals surface area contributed by atoms with E-state index in [-0.39, 0.29) is 18.7 Å². The van der Waals surface area contributed by atoms with Gasteiger partial charge in [-0.1, -0.05) is 12.1 Å². The Morgan fingerprint density at radius 1 is 1.30 bits per heavy atom. The summed E-state index contributed by atoms with van der Waals surface area (Å²) in [6, 6.07) is 6.93. The highest BCUT2D eigenvalue weighted by atomic mass is 32.2. The van der Waals surface area contributed by atoms with E-state index >= 15 is 0 Å². The summed E-state index contributed by atoms with van der Waals surface area (Å²) >= 11 is 0. The van der Waals surface area contributed by atoms with Crippen LogP contribution in [0.15, 0.2) is 30.5 Å². The van der Waals surface area contributed by atoms with E-state index in [1.54, 1.807) is 18.3 Å². The van der Waals surface area contributed by atoms with Gasteiger partial charge in [-0.25, -0.2) is 0 Å². The number of carbonyl (C=O) groups is 1. The molecule has 0 amide bonds. The normalized spacial score (nSPS) is 11.7.